The minimum atomic E-state index is -1.35. The number of esters is 2. The summed E-state index contributed by atoms with van der Waals surface area (Å²) in [4.78, 5) is 35.2. The van der Waals surface area contributed by atoms with Crippen molar-refractivity contribution in [2.24, 2.45) is 0 Å². The number of ether oxygens (including phenoxy) is 2. The van der Waals surface area contributed by atoms with Crippen LogP contribution in [0.15, 0.2) is 55.7 Å². The monoisotopic (exact) mass is 415 g/mol. The summed E-state index contributed by atoms with van der Waals surface area (Å²) in [5.41, 5.74) is 1.95. The lowest BCUT2D eigenvalue weighted by Gasteiger charge is -2.38. The number of carbonyl (C=O) groups is 3. The first-order valence-electron chi connectivity index (χ1n) is 9.31. The van der Waals surface area contributed by atoms with Gasteiger partial charge in [-0.3, -0.25) is 0 Å². The molecular weight excluding hydrogens is 386 g/mol. The lowest BCUT2D eigenvalue weighted by molar-refractivity contribution is -0.151. The van der Waals surface area contributed by atoms with Crippen molar-refractivity contribution in [3.8, 4) is 0 Å². The zero-order valence-electron chi connectivity index (χ0n) is 17.9. The van der Waals surface area contributed by atoms with E-state index in [1.54, 1.807) is 13.8 Å². The van der Waals surface area contributed by atoms with Gasteiger partial charge in [-0.05, 0) is 25.0 Å². The molecule has 1 rings (SSSR count). The lowest BCUT2D eigenvalue weighted by atomic mass is 9.76. The molecule has 1 aromatic rings. The highest BCUT2D eigenvalue weighted by Gasteiger charge is 2.41. The molecule has 0 aliphatic carbocycles. The van der Waals surface area contributed by atoms with Gasteiger partial charge in [-0.1, -0.05) is 63.4 Å². The molecule has 2 unspecified atom stereocenters. The summed E-state index contributed by atoms with van der Waals surface area (Å²) in [5.74, 6) is -1.40. The smallest absolute Gasteiger partial charge is 0.405 e. The van der Waals surface area contributed by atoms with Gasteiger partial charge in [0.15, 0.2) is 0 Å². The Labute approximate surface area is 177 Å². The summed E-state index contributed by atoms with van der Waals surface area (Å²) in [7, 11) is 0. The fourth-order valence-corrected chi connectivity index (χ4v) is 2.91. The predicted octanol–water partition coefficient (Wildman–Crippen LogP) is 3.85. The summed E-state index contributed by atoms with van der Waals surface area (Å²) in [5, 5.41) is 11.6. The van der Waals surface area contributed by atoms with E-state index in [4.69, 9.17) is 9.47 Å². The molecule has 7 heteroatoms. The summed E-state index contributed by atoms with van der Waals surface area (Å²) >= 11 is 0. The van der Waals surface area contributed by atoms with Crippen molar-refractivity contribution >= 4 is 23.6 Å². The zero-order chi connectivity index (χ0) is 23.1. The average Bonchev–Trinajstić information content (AvgIpc) is 2.68. The molecule has 1 aromatic carbocycles. The maximum atomic E-state index is 12.0. The summed E-state index contributed by atoms with van der Waals surface area (Å²) in [6.45, 7) is 17.4. The summed E-state index contributed by atoms with van der Waals surface area (Å²) < 4.78 is 10.7. The highest BCUT2D eigenvalue weighted by atomic mass is 16.6. The standard InChI is InChI=1S/C23H29NO6/c1-8-19(25)30-20(18(24-22(27)28)13-29-21(26)15(4)5)23(6,7)17-11-9-16(10-12-17)14(2)3/h8-12,18,20,24H,1-2,4,13H2,3,5-7H3,(H,27,28). The first kappa shape index (κ1) is 24.7. The summed E-state index contributed by atoms with van der Waals surface area (Å²) in [6, 6.07) is 6.44. The highest BCUT2D eigenvalue weighted by molar-refractivity contribution is 5.87. The number of carbonyl (C=O) groups excluding carboxylic acids is 2. The SMILES string of the molecule is C=CC(=O)OC(C(COC(=O)C(=C)C)NC(=O)O)C(C)(C)c1ccc(C(=C)C)cc1. The van der Waals surface area contributed by atoms with E-state index in [9.17, 15) is 19.5 Å². The number of benzene rings is 1. The number of allylic oxidation sites excluding steroid dienone is 1. The number of hydrogen-bond donors (Lipinski definition) is 2. The average molecular weight is 415 g/mol. The molecule has 0 bridgehead atoms. The molecule has 7 nitrogen and oxygen atoms in total. The number of rotatable bonds is 10. The van der Waals surface area contributed by atoms with Crippen LogP contribution in [0.3, 0.4) is 0 Å². The molecule has 0 fully saturated rings. The van der Waals surface area contributed by atoms with Crippen LogP contribution in [0.5, 0.6) is 0 Å². The minimum absolute atomic E-state index is 0.165. The van der Waals surface area contributed by atoms with Crippen LogP contribution < -0.4 is 5.32 Å². The molecule has 2 atom stereocenters. The third-order valence-electron chi connectivity index (χ3n) is 4.66. The molecule has 0 aromatic heterocycles. The molecule has 2 N–H and O–H groups in total. The molecule has 0 radical (unpaired) electrons. The molecule has 0 saturated carbocycles. The lowest BCUT2D eigenvalue weighted by Crippen LogP contribution is -2.55. The van der Waals surface area contributed by atoms with Crippen molar-refractivity contribution in [1.29, 1.82) is 0 Å². The molecule has 0 saturated heterocycles. The Kier molecular flexibility index (Phi) is 8.59. The van der Waals surface area contributed by atoms with Gasteiger partial charge in [0.1, 0.15) is 18.8 Å². The van der Waals surface area contributed by atoms with Crippen LogP contribution in [0.25, 0.3) is 5.57 Å². The van der Waals surface area contributed by atoms with Gasteiger partial charge in [0.2, 0.25) is 0 Å². The van der Waals surface area contributed by atoms with Crippen LogP contribution in [0.2, 0.25) is 0 Å². The van der Waals surface area contributed by atoms with Crippen molar-refractivity contribution in [2.45, 2.75) is 45.3 Å². The first-order chi connectivity index (χ1) is 13.9. The number of carboxylic acid groups (broad SMARTS) is 1. The van der Waals surface area contributed by atoms with E-state index in [0.717, 1.165) is 22.8 Å². The number of hydrogen-bond acceptors (Lipinski definition) is 5. The van der Waals surface area contributed by atoms with E-state index in [-0.39, 0.29) is 12.2 Å². The largest absolute Gasteiger partial charge is 0.465 e. The van der Waals surface area contributed by atoms with Gasteiger partial charge in [0.25, 0.3) is 0 Å². The second-order valence-electron chi connectivity index (χ2n) is 7.58. The van der Waals surface area contributed by atoms with E-state index in [1.807, 2.05) is 31.2 Å². The van der Waals surface area contributed by atoms with Crippen molar-refractivity contribution in [2.75, 3.05) is 6.61 Å². The van der Waals surface area contributed by atoms with Crippen LogP contribution in [0.1, 0.15) is 38.8 Å². The molecule has 162 valence electrons. The van der Waals surface area contributed by atoms with E-state index >= 15 is 0 Å². The Balaban J connectivity index is 3.35. The molecule has 0 spiro atoms. The normalized spacial score (nSPS) is 12.8. The maximum absolute atomic E-state index is 12.0. The Morgan fingerprint density at radius 3 is 2.17 bits per heavy atom. The van der Waals surface area contributed by atoms with E-state index in [0.29, 0.717) is 0 Å². The number of amides is 1. The molecule has 0 heterocycles. The molecule has 0 aliphatic rings. The minimum Gasteiger partial charge on any atom is -0.465 e. The van der Waals surface area contributed by atoms with Crippen molar-refractivity contribution in [1.82, 2.24) is 5.32 Å². The van der Waals surface area contributed by atoms with Crippen LogP contribution >= 0.6 is 0 Å². The highest BCUT2D eigenvalue weighted by Crippen LogP contribution is 2.32. The second kappa shape index (κ2) is 10.4. The van der Waals surface area contributed by atoms with Gasteiger partial charge in [-0.25, -0.2) is 14.4 Å². The van der Waals surface area contributed by atoms with Crippen molar-refractivity contribution < 1.29 is 29.0 Å². The Morgan fingerprint density at radius 2 is 1.73 bits per heavy atom. The quantitative estimate of drug-likeness (QED) is 0.445. The van der Waals surface area contributed by atoms with Crippen molar-refractivity contribution in [3.63, 3.8) is 0 Å². The van der Waals surface area contributed by atoms with Gasteiger partial charge < -0.3 is 19.9 Å². The van der Waals surface area contributed by atoms with Crippen LogP contribution in [-0.4, -0.2) is 41.9 Å². The van der Waals surface area contributed by atoms with E-state index in [2.05, 4.69) is 25.1 Å². The van der Waals surface area contributed by atoms with Crippen molar-refractivity contribution in [3.05, 3.63) is 66.8 Å². The molecular formula is C23H29NO6. The zero-order valence-corrected chi connectivity index (χ0v) is 17.9. The maximum Gasteiger partial charge on any atom is 0.405 e. The third kappa shape index (κ3) is 6.62. The fraction of sp³-hybridized carbons (Fsp3) is 0.348. The summed E-state index contributed by atoms with van der Waals surface area (Å²) in [6.07, 6.45) is -1.36. The molecule has 1 amide bonds. The first-order valence-corrected chi connectivity index (χ1v) is 9.31. The third-order valence-corrected chi connectivity index (χ3v) is 4.66. The topological polar surface area (TPSA) is 102 Å². The van der Waals surface area contributed by atoms with E-state index in [1.165, 1.54) is 6.92 Å². The Hall–Kier alpha value is -3.35. The molecule has 30 heavy (non-hydrogen) atoms. The van der Waals surface area contributed by atoms with Gasteiger partial charge >= 0.3 is 18.0 Å². The predicted molar refractivity (Wildman–Crippen MR) is 115 cm³/mol. The Bertz CT molecular complexity index is 838. The van der Waals surface area contributed by atoms with Gasteiger partial charge in [-0.15, -0.1) is 0 Å². The van der Waals surface area contributed by atoms with Gasteiger partial charge in [0.05, 0.1) is 0 Å². The van der Waals surface area contributed by atoms with Gasteiger partial charge in [-0.2, -0.15) is 0 Å². The fourth-order valence-electron chi connectivity index (χ4n) is 2.91. The second-order valence-corrected chi connectivity index (χ2v) is 7.58. The Morgan fingerprint density at radius 1 is 1.17 bits per heavy atom. The van der Waals surface area contributed by atoms with E-state index < -0.39 is 35.6 Å². The number of nitrogens with one attached hydrogen (secondary N) is 1. The van der Waals surface area contributed by atoms with Gasteiger partial charge in [0, 0.05) is 17.1 Å². The molecule has 0 aliphatic heterocycles. The van der Waals surface area contributed by atoms with Crippen LogP contribution in [-0.2, 0) is 24.5 Å². The van der Waals surface area contributed by atoms with Crippen LogP contribution in [0, 0.1) is 0 Å². The van der Waals surface area contributed by atoms with Crippen LogP contribution in [0.4, 0.5) is 4.79 Å².